The van der Waals surface area contributed by atoms with Crippen molar-refractivity contribution in [3.63, 3.8) is 0 Å². The summed E-state index contributed by atoms with van der Waals surface area (Å²) in [5.74, 6) is 1.86. The van der Waals surface area contributed by atoms with E-state index in [1.165, 1.54) is 19.3 Å². The molecule has 1 aliphatic rings. The molecule has 0 aliphatic heterocycles. The Kier molecular flexibility index (Phi) is 4.40. The summed E-state index contributed by atoms with van der Waals surface area (Å²) in [6.45, 7) is 2.20. The molecule has 0 spiro atoms. The molecule has 2 atom stereocenters. The van der Waals surface area contributed by atoms with E-state index in [2.05, 4.69) is 6.92 Å². The molecule has 1 aliphatic carbocycles. The third kappa shape index (κ3) is 2.74. The van der Waals surface area contributed by atoms with Crippen LogP contribution in [0.1, 0.15) is 49.4 Å². The number of rotatable bonds is 4. The molecular weight excluding hydrogens is 224 g/mol. The summed E-state index contributed by atoms with van der Waals surface area (Å²) in [7, 11) is 1.64. The van der Waals surface area contributed by atoms with Crippen LogP contribution in [-0.2, 0) is 0 Å². The Morgan fingerprint density at radius 1 is 1.33 bits per heavy atom. The Labute approximate surface area is 109 Å². The van der Waals surface area contributed by atoms with E-state index < -0.39 is 0 Å². The molecule has 0 N–H and O–H groups in total. The maximum absolute atomic E-state index is 12.6. The quantitative estimate of drug-likeness (QED) is 0.748. The molecular formula is C16H22O2. The lowest BCUT2D eigenvalue weighted by atomic mass is 9.74. The van der Waals surface area contributed by atoms with E-state index in [1.54, 1.807) is 7.11 Å². The van der Waals surface area contributed by atoms with E-state index in [4.69, 9.17) is 4.74 Å². The van der Waals surface area contributed by atoms with Gasteiger partial charge in [0.15, 0.2) is 5.78 Å². The van der Waals surface area contributed by atoms with Crippen LogP contribution in [0.4, 0.5) is 0 Å². The van der Waals surface area contributed by atoms with Gasteiger partial charge in [-0.2, -0.15) is 0 Å². The molecule has 0 amide bonds. The van der Waals surface area contributed by atoms with Crippen molar-refractivity contribution < 1.29 is 9.53 Å². The summed E-state index contributed by atoms with van der Waals surface area (Å²) < 4.78 is 5.19. The Bertz CT molecular complexity index is 411. The van der Waals surface area contributed by atoms with Gasteiger partial charge in [-0.3, -0.25) is 4.79 Å². The molecule has 18 heavy (non-hydrogen) atoms. The van der Waals surface area contributed by atoms with Crippen LogP contribution in [0.5, 0.6) is 5.75 Å². The van der Waals surface area contributed by atoms with E-state index in [0.717, 1.165) is 24.2 Å². The number of benzene rings is 1. The van der Waals surface area contributed by atoms with Crippen molar-refractivity contribution in [2.75, 3.05) is 7.11 Å². The van der Waals surface area contributed by atoms with Crippen molar-refractivity contribution in [3.05, 3.63) is 29.8 Å². The fourth-order valence-corrected chi connectivity index (χ4v) is 3.03. The summed E-state index contributed by atoms with van der Waals surface area (Å²) in [5, 5.41) is 0. The molecule has 0 aromatic heterocycles. The van der Waals surface area contributed by atoms with Crippen LogP contribution in [0, 0.1) is 11.8 Å². The largest absolute Gasteiger partial charge is 0.497 e. The maximum atomic E-state index is 12.6. The number of carbonyl (C=O) groups is 1. The minimum absolute atomic E-state index is 0.218. The second kappa shape index (κ2) is 6.03. The van der Waals surface area contributed by atoms with Crippen molar-refractivity contribution in [2.45, 2.75) is 39.0 Å². The predicted octanol–water partition coefficient (Wildman–Crippen LogP) is 4.09. The number of ketones is 1. The number of hydrogen-bond acceptors (Lipinski definition) is 2. The predicted molar refractivity (Wildman–Crippen MR) is 73.1 cm³/mol. The zero-order chi connectivity index (χ0) is 13.0. The third-order valence-corrected chi connectivity index (χ3v) is 4.12. The lowest BCUT2D eigenvalue weighted by Gasteiger charge is -2.29. The zero-order valence-electron chi connectivity index (χ0n) is 11.3. The van der Waals surface area contributed by atoms with E-state index in [9.17, 15) is 4.79 Å². The first-order chi connectivity index (χ1) is 8.76. The van der Waals surface area contributed by atoms with Crippen LogP contribution in [-0.4, -0.2) is 12.9 Å². The van der Waals surface area contributed by atoms with E-state index in [0.29, 0.717) is 11.7 Å². The number of ether oxygens (including phenoxy) is 1. The van der Waals surface area contributed by atoms with Gasteiger partial charge in [-0.25, -0.2) is 0 Å². The van der Waals surface area contributed by atoms with Crippen LogP contribution in [0.3, 0.4) is 0 Å². The Morgan fingerprint density at radius 3 is 2.83 bits per heavy atom. The molecule has 1 aromatic rings. The Hall–Kier alpha value is -1.31. The van der Waals surface area contributed by atoms with Gasteiger partial charge in [0.1, 0.15) is 5.75 Å². The highest BCUT2D eigenvalue weighted by Gasteiger charge is 2.30. The van der Waals surface area contributed by atoms with Gasteiger partial charge in [0.2, 0.25) is 0 Å². The molecule has 1 fully saturated rings. The fraction of sp³-hybridized carbons (Fsp3) is 0.562. The van der Waals surface area contributed by atoms with Crippen LogP contribution in [0.2, 0.25) is 0 Å². The molecule has 0 heterocycles. The monoisotopic (exact) mass is 246 g/mol. The van der Waals surface area contributed by atoms with Crippen LogP contribution < -0.4 is 4.74 Å². The summed E-state index contributed by atoms with van der Waals surface area (Å²) in [4.78, 5) is 12.6. The van der Waals surface area contributed by atoms with Gasteiger partial charge in [-0.15, -0.1) is 0 Å². The summed E-state index contributed by atoms with van der Waals surface area (Å²) >= 11 is 0. The SMILES string of the molecule is CCC1CCCCC1C(=O)c1cccc(OC)c1. The average molecular weight is 246 g/mol. The molecule has 2 unspecified atom stereocenters. The normalized spacial score (nSPS) is 23.7. The summed E-state index contributed by atoms with van der Waals surface area (Å²) in [5.41, 5.74) is 0.805. The first kappa shape index (κ1) is 13.1. The Morgan fingerprint density at radius 2 is 2.11 bits per heavy atom. The summed E-state index contributed by atoms with van der Waals surface area (Å²) in [6.07, 6.45) is 5.84. The second-order valence-corrected chi connectivity index (χ2v) is 5.16. The lowest BCUT2D eigenvalue weighted by Crippen LogP contribution is -2.26. The van der Waals surface area contributed by atoms with Gasteiger partial charge < -0.3 is 4.74 Å². The first-order valence-electron chi connectivity index (χ1n) is 6.94. The number of carbonyl (C=O) groups excluding carboxylic acids is 1. The maximum Gasteiger partial charge on any atom is 0.166 e. The molecule has 2 nitrogen and oxygen atoms in total. The molecule has 0 radical (unpaired) electrons. The highest BCUT2D eigenvalue weighted by molar-refractivity contribution is 5.98. The third-order valence-electron chi connectivity index (χ3n) is 4.12. The number of Topliss-reactive ketones (excluding diaryl/α,β-unsaturated/α-hetero) is 1. The highest BCUT2D eigenvalue weighted by atomic mass is 16.5. The fourth-order valence-electron chi connectivity index (χ4n) is 3.03. The molecule has 2 heteroatoms. The Balaban J connectivity index is 2.18. The van der Waals surface area contributed by atoms with Gasteiger partial charge >= 0.3 is 0 Å². The van der Waals surface area contributed by atoms with Crippen molar-refractivity contribution in [3.8, 4) is 5.75 Å². The highest BCUT2D eigenvalue weighted by Crippen LogP contribution is 2.34. The number of hydrogen-bond donors (Lipinski definition) is 0. The standard InChI is InChI=1S/C16H22O2/c1-3-12-7-4-5-10-15(12)16(17)13-8-6-9-14(11-13)18-2/h6,8-9,11-12,15H,3-5,7,10H2,1-2H3. The molecule has 98 valence electrons. The van der Waals surface area contributed by atoms with Gasteiger partial charge in [0.05, 0.1) is 7.11 Å². The topological polar surface area (TPSA) is 26.3 Å². The van der Waals surface area contributed by atoms with Crippen molar-refractivity contribution in [1.82, 2.24) is 0 Å². The minimum Gasteiger partial charge on any atom is -0.497 e. The van der Waals surface area contributed by atoms with E-state index >= 15 is 0 Å². The van der Waals surface area contributed by atoms with Gasteiger partial charge in [-0.1, -0.05) is 38.3 Å². The van der Waals surface area contributed by atoms with Crippen LogP contribution in [0.25, 0.3) is 0 Å². The van der Waals surface area contributed by atoms with Crippen molar-refractivity contribution in [2.24, 2.45) is 11.8 Å². The average Bonchev–Trinajstić information content (AvgIpc) is 2.46. The smallest absolute Gasteiger partial charge is 0.166 e. The molecule has 1 saturated carbocycles. The summed E-state index contributed by atoms with van der Waals surface area (Å²) in [6, 6.07) is 7.56. The van der Waals surface area contributed by atoms with Crippen molar-refractivity contribution >= 4 is 5.78 Å². The van der Waals surface area contributed by atoms with E-state index in [-0.39, 0.29) is 5.92 Å². The lowest BCUT2D eigenvalue weighted by molar-refractivity contribution is 0.0820. The van der Waals surface area contributed by atoms with Crippen LogP contribution >= 0.6 is 0 Å². The van der Waals surface area contributed by atoms with E-state index in [1.807, 2.05) is 24.3 Å². The molecule has 1 aromatic carbocycles. The van der Waals surface area contributed by atoms with Crippen molar-refractivity contribution in [1.29, 1.82) is 0 Å². The molecule has 0 saturated heterocycles. The minimum atomic E-state index is 0.218. The first-order valence-corrected chi connectivity index (χ1v) is 6.94. The molecule has 0 bridgehead atoms. The van der Waals surface area contributed by atoms with Crippen LogP contribution in [0.15, 0.2) is 24.3 Å². The zero-order valence-corrected chi connectivity index (χ0v) is 11.3. The van der Waals surface area contributed by atoms with Gasteiger partial charge in [0.25, 0.3) is 0 Å². The second-order valence-electron chi connectivity index (χ2n) is 5.16. The van der Waals surface area contributed by atoms with Gasteiger partial charge in [0, 0.05) is 11.5 Å². The molecule has 2 rings (SSSR count). The van der Waals surface area contributed by atoms with Gasteiger partial charge in [-0.05, 0) is 30.9 Å². The number of methoxy groups -OCH3 is 1.